The van der Waals surface area contributed by atoms with Gasteiger partial charge in [-0.05, 0) is 49.6 Å². The van der Waals surface area contributed by atoms with E-state index in [9.17, 15) is 14.0 Å². The highest BCUT2D eigenvalue weighted by molar-refractivity contribution is 7.98. The molecular weight excluding hydrogens is 297 g/mol. The van der Waals surface area contributed by atoms with Crippen molar-refractivity contribution in [3.8, 4) is 5.75 Å². The minimum atomic E-state index is -1.08. The van der Waals surface area contributed by atoms with Gasteiger partial charge in [0.15, 0.2) is 6.10 Å². The molecule has 0 unspecified atom stereocenters. The van der Waals surface area contributed by atoms with Crippen LogP contribution in [0.25, 0.3) is 0 Å². The fraction of sp³-hybridized carbons (Fsp3) is 0.429. The third kappa shape index (κ3) is 6.03. The number of amides is 1. The van der Waals surface area contributed by atoms with Crippen molar-refractivity contribution >= 4 is 23.6 Å². The van der Waals surface area contributed by atoms with E-state index in [1.54, 1.807) is 0 Å². The summed E-state index contributed by atoms with van der Waals surface area (Å²) >= 11 is 1.51. The first-order valence-corrected chi connectivity index (χ1v) is 7.77. The number of benzene rings is 1. The van der Waals surface area contributed by atoms with Crippen LogP contribution in [-0.2, 0) is 9.59 Å². The van der Waals surface area contributed by atoms with Crippen molar-refractivity contribution in [2.24, 2.45) is 0 Å². The molecule has 2 N–H and O–H groups in total. The molecule has 0 heterocycles. The van der Waals surface area contributed by atoms with Crippen LogP contribution in [0.4, 0.5) is 4.39 Å². The van der Waals surface area contributed by atoms with E-state index >= 15 is 0 Å². The van der Waals surface area contributed by atoms with Crippen molar-refractivity contribution in [1.82, 2.24) is 5.32 Å². The Morgan fingerprint density at radius 3 is 2.52 bits per heavy atom. The number of aliphatic carboxylic acids is 1. The topological polar surface area (TPSA) is 75.6 Å². The van der Waals surface area contributed by atoms with E-state index in [0.717, 1.165) is 0 Å². The predicted molar refractivity (Wildman–Crippen MR) is 79.1 cm³/mol. The quantitative estimate of drug-likeness (QED) is 0.766. The van der Waals surface area contributed by atoms with Gasteiger partial charge in [0.2, 0.25) is 0 Å². The summed E-state index contributed by atoms with van der Waals surface area (Å²) in [5.41, 5.74) is 0. The molecule has 0 saturated carbocycles. The number of hydrogen-bond acceptors (Lipinski definition) is 4. The van der Waals surface area contributed by atoms with Gasteiger partial charge in [0, 0.05) is 0 Å². The van der Waals surface area contributed by atoms with Crippen LogP contribution in [0.2, 0.25) is 0 Å². The average molecular weight is 315 g/mol. The second-order valence-electron chi connectivity index (χ2n) is 4.39. The highest BCUT2D eigenvalue weighted by Crippen LogP contribution is 2.13. The standard InChI is InChI=1S/C14H18FNO4S/c1-9(20-11-5-3-10(15)4-6-11)13(17)16-12(14(18)19)7-8-21-2/h3-6,9,12H,7-8H2,1-2H3,(H,16,17)(H,18,19)/t9-,12+/m1/s1. The van der Waals surface area contributed by atoms with Crippen LogP contribution >= 0.6 is 11.8 Å². The van der Waals surface area contributed by atoms with Crippen LogP contribution in [0.3, 0.4) is 0 Å². The van der Waals surface area contributed by atoms with Crippen molar-refractivity contribution < 1.29 is 23.8 Å². The molecule has 0 radical (unpaired) electrons. The molecule has 0 fully saturated rings. The summed E-state index contributed by atoms with van der Waals surface area (Å²) in [5, 5.41) is 11.5. The molecule has 7 heteroatoms. The number of rotatable bonds is 8. The summed E-state index contributed by atoms with van der Waals surface area (Å²) < 4.78 is 18.1. The summed E-state index contributed by atoms with van der Waals surface area (Å²) in [4.78, 5) is 23.0. The lowest BCUT2D eigenvalue weighted by atomic mass is 10.2. The van der Waals surface area contributed by atoms with E-state index in [1.165, 1.54) is 43.0 Å². The third-order valence-electron chi connectivity index (χ3n) is 2.72. The van der Waals surface area contributed by atoms with E-state index in [-0.39, 0.29) is 0 Å². The molecule has 1 aromatic carbocycles. The van der Waals surface area contributed by atoms with Crippen LogP contribution in [0.15, 0.2) is 24.3 Å². The minimum absolute atomic E-state index is 0.339. The molecule has 0 aliphatic rings. The van der Waals surface area contributed by atoms with Gasteiger partial charge in [0.05, 0.1) is 0 Å². The maximum absolute atomic E-state index is 12.8. The Kier molecular flexibility index (Phi) is 7.01. The average Bonchev–Trinajstić information content (AvgIpc) is 2.45. The summed E-state index contributed by atoms with van der Waals surface area (Å²) in [6.07, 6.45) is 1.33. The molecule has 2 atom stereocenters. The van der Waals surface area contributed by atoms with Gasteiger partial charge in [-0.2, -0.15) is 11.8 Å². The lowest BCUT2D eigenvalue weighted by Gasteiger charge is -2.18. The molecule has 0 bridgehead atoms. The maximum Gasteiger partial charge on any atom is 0.326 e. The number of carbonyl (C=O) groups excluding carboxylic acids is 1. The zero-order valence-corrected chi connectivity index (χ0v) is 12.7. The van der Waals surface area contributed by atoms with Gasteiger partial charge in [0.1, 0.15) is 17.6 Å². The van der Waals surface area contributed by atoms with Crippen molar-refractivity contribution in [2.75, 3.05) is 12.0 Å². The summed E-state index contributed by atoms with van der Waals surface area (Å²) in [5.74, 6) is -1.03. The summed E-state index contributed by atoms with van der Waals surface area (Å²) in [6.45, 7) is 1.51. The minimum Gasteiger partial charge on any atom is -0.481 e. The van der Waals surface area contributed by atoms with Gasteiger partial charge < -0.3 is 15.2 Å². The molecule has 5 nitrogen and oxygen atoms in total. The lowest BCUT2D eigenvalue weighted by Crippen LogP contribution is -2.46. The maximum atomic E-state index is 12.8. The molecule has 1 aromatic rings. The molecule has 116 valence electrons. The van der Waals surface area contributed by atoms with Gasteiger partial charge in [-0.3, -0.25) is 4.79 Å². The first-order valence-electron chi connectivity index (χ1n) is 6.38. The first-order chi connectivity index (χ1) is 9.93. The summed E-state index contributed by atoms with van der Waals surface area (Å²) in [7, 11) is 0. The molecule has 0 spiro atoms. The van der Waals surface area contributed by atoms with E-state index in [2.05, 4.69) is 5.32 Å². The number of thioether (sulfide) groups is 1. The largest absolute Gasteiger partial charge is 0.481 e. The van der Waals surface area contributed by atoms with Crippen LogP contribution in [-0.4, -0.2) is 41.1 Å². The molecule has 21 heavy (non-hydrogen) atoms. The second-order valence-corrected chi connectivity index (χ2v) is 5.38. The Labute approximate surface area is 126 Å². The van der Waals surface area contributed by atoms with Crippen LogP contribution in [0.1, 0.15) is 13.3 Å². The van der Waals surface area contributed by atoms with Crippen molar-refractivity contribution in [3.05, 3.63) is 30.1 Å². The zero-order valence-electron chi connectivity index (χ0n) is 11.8. The fourth-order valence-electron chi connectivity index (χ4n) is 1.55. The van der Waals surface area contributed by atoms with Crippen LogP contribution < -0.4 is 10.1 Å². The number of nitrogens with one attached hydrogen (secondary N) is 1. The smallest absolute Gasteiger partial charge is 0.326 e. The molecule has 0 aliphatic carbocycles. The fourth-order valence-corrected chi connectivity index (χ4v) is 2.02. The van der Waals surface area contributed by atoms with Crippen LogP contribution in [0.5, 0.6) is 5.75 Å². The normalized spacial score (nSPS) is 13.3. The number of carbonyl (C=O) groups is 2. The van der Waals surface area contributed by atoms with Gasteiger partial charge in [-0.1, -0.05) is 0 Å². The van der Waals surface area contributed by atoms with Gasteiger partial charge in [-0.25, -0.2) is 9.18 Å². The van der Waals surface area contributed by atoms with Gasteiger partial charge >= 0.3 is 5.97 Å². The number of hydrogen-bond donors (Lipinski definition) is 2. The SMILES string of the molecule is CSCC[C@H](NC(=O)[C@@H](C)Oc1ccc(F)cc1)C(=O)O. The summed E-state index contributed by atoms with van der Waals surface area (Å²) in [6, 6.07) is 4.31. The van der Waals surface area contributed by atoms with E-state index in [0.29, 0.717) is 17.9 Å². The highest BCUT2D eigenvalue weighted by Gasteiger charge is 2.23. The Hall–Kier alpha value is -1.76. The number of carboxylic acid groups (broad SMARTS) is 1. The Morgan fingerprint density at radius 1 is 1.38 bits per heavy atom. The monoisotopic (exact) mass is 315 g/mol. The Bertz CT molecular complexity index is 480. The highest BCUT2D eigenvalue weighted by atomic mass is 32.2. The van der Waals surface area contributed by atoms with Gasteiger partial charge in [-0.15, -0.1) is 0 Å². The number of ether oxygens (including phenoxy) is 1. The Morgan fingerprint density at radius 2 is 2.00 bits per heavy atom. The number of halogens is 1. The molecule has 1 rings (SSSR count). The lowest BCUT2D eigenvalue weighted by molar-refractivity contribution is -0.142. The van der Waals surface area contributed by atoms with Crippen molar-refractivity contribution in [2.45, 2.75) is 25.5 Å². The Balaban J connectivity index is 2.56. The molecule has 0 saturated heterocycles. The van der Waals surface area contributed by atoms with E-state index in [4.69, 9.17) is 9.84 Å². The van der Waals surface area contributed by atoms with E-state index in [1.807, 2.05) is 6.26 Å². The van der Waals surface area contributed by atoms with E-state index < -0.39 is 29.8 Å². The number of carboxylic acids is 1. The second kappa shape index (κ2) is 8.51. The van der Waals surface area contributed by atoms with Crippen molar-refractivity contribution in [1.29, 1.82) is 0 Å². The molecule has 0 aliphatic heterocycles. The predicted octanol–water partition coefficient (Wildman–Crippen LogP) is 1.92. The molecule has 0 aromatic heterocycles. The van der Waals surface area contributed by atoms with Crippen molar-refractivity contribution in [3.63, 3.8) is 0 Å². The third-order valence-corrected chi connectivity index (χ3v) is 3.36. The zero-order chi connectivity index (χ0) is 15.8. The molecular formula is C14H18FNO4S. The van der Waals surface area contributed by atoms with Crippen LogP contribution in [0, 0.1) is 5.82 Å². The molecule has 1 amide bonds. The first kappa shape index (κ1) is 17.3. The van der Waals surface area contributed by atoms with Gasteiger partial charge in [0.25, 0.3) is 5.91 Å².